The van der Waals surface area contributed by atoms with Crippen molar-refractivity contribution in [1.29, 1.82) is 0 Å². The van der Waals surface area contributed by atoms with Crippen LogP contribution in [0.15, 0.2) is 52.0 Å². The monoisotopic (exact) mass is 379 g/mol. The molecule has 0 spiro atoms. The molecule has 120 valence electrons. The quantitative estimate of drug-likeness (QED) is 0.551. The molecule has 1 atom stereocenters. The van der Waals surface area contributed by atoms with Crippen molar-refractivity contribution < 1.29 is 14.3 Å². The molecule has 2 aromatic carbocycles. The lowest BCUT2D eigenvalue weighted by Crippen LogP contribution is -2.34. The smallest absolute Gasteiger partial charge is 0.262 e. The molecule has 0 fully saturated rings. The van der Waals surface area contributed by atoms with Crippen LogP contribution in [0.3, 0.4) is 0 Å². The maximum Gasteiger partial charge on any atom is 0.262 e. The third kappa shape index (κ3) is 5.07. The molecule has 23 heavy (non-hydrogen) atoms. The number of halogens is 2. The van der Waals surface area contributed by atoms with Crippen LogP contribution in [-0.2, 0) is 4.79 Å². The molecule has 0 aromatic heterocycles. The molecular formula is C16H15BrFN3O2. The Hall–Kier alpha value is -2.41. The number of nitrogens with zero attached hydrogens (tertiary/aromatic N) is 1. The predicted octanol–water partition coefficient (Wildman–Crippen LogP) is 3.24. The Labute approximate surface area is 141 Å². The fourth-order valence-electron chi connectivity index (χ4n) is 1.75. The maximum atomic E-state index is 12.8. The van der Waals surface area contributed by atoms with E-state index in [4.69, 9.17) is 0 Å². The average Bonchev–Trinajstić information content (AvgIpc) is 2.52. The highest BCUT2D eigenvalue weighted by Gasteiger charge is 2.11. The fourth-order valence-corrected chi connectivity index (χ4v) is 2.13. The Morgan fingerprint density at radius 3 is 2.70 bits per heavy atom. The van der Waals surface area contributed by atoms with Crippen LogP contribution in [0.1, 0.15) is 12.5 Å². The Balaban J connectivity index is 1.92. The van der Waals surface area contributed by atoms with Gasteiger partial charge in [0.05, 0.1) is 6.21 Å². The molecular weight excluding hydrogens is 365 g/mol. The number of hydrogen-bond acceptors (Lipinski definition) is 4. The molecule has 7 heteroatoms. The largest absolute Gasteiger partial charge is 0.507 e. The SMILES string of the molecule is C[C@@H](Nc1ccc(F)cc1)C(=O)N/N=C\c1cc(Br)ccc1O. The standard InChI is InChI=1S/C16H15BrFN3O2/c1-10(20-14-5-3-13(18)4-6-14)16(23)21-19-9-11-8-12(17)2-7-15(11)22/h2-10,20,22H,1H3,(H,21,23)/b19-9-/t10-/m1/s1. The first-order chi connectivity index (χ1) is 11.0. The van der Waals surface area contributed by atoms with E-state index < -0.39 is 6.04 Å². The van der Waals surface area contributed by atoms with E-state index in [1.54, 1.807) is 31.2 Å². The minimum absolute atomic E-state index is 0.0590. The van der Waals surface area contributed by atoms with E-state index in [1.807, 2.05) is 0 Å². The number of benzene rings is 2. The first-order valence-electron chi connectivity index (χ1n) is 6.79. The highest BCUT2D eigenvalue weighted by Crippen LogP contribution is 2.19. The van der Waals surface area contributed by atoms with Gasteiger partial charge in [0.1, 0.15) is 17.6 Å². The van der Waals surface area contributed by atoms with Crippen LogP contribution in [0.5, 0.6) is 5.75 Å². The number of nitrogens with one attached hydrogen (secondary N) is 2. The second-order valence-electron chi connectivity index (χ2n) is 4.81. The van der Waals surface area contributed by atoms with Gasteiger partial charge >= 0.3 is 0 Å². The third-order valence-electron chi connectivity index (χ3n) is 2.99. The van der Waals surface area contributed by atoms with Crippen LogP contribution < -0.4 is 10.7 Å². The van der Waals surface area contributed by atoms with Gasteiger partial charge in [-0.3, -0.25) is 4.79 Å². The zero-order valence-corrected chi connectivity index (χ0v) is 13.8. The molecule has 0 aliphatic carbocycles. The van der Waals surface area contributed by atoms with Crippen molar-refractivity contribution in [2.24, 2.45) is 5.10 Å². The van der Waals surface area contributed by atoms with Gasteiger partial charge in [-0.2, -0.15) is 5.10 Å². The molecule has 1 amide bonds. The highest BCUT2D eigenvalue weighted by atomic mass is 79.9. The molecule has 0 saturated carbocycles. The summed E-state index contributed by atoms with van der Waals surface area (Å²) in [7, 11) is 0. The van der Waals surface area contributed by atoms with Gasteiger partial charge in [-0.25, -0.2) is 9.82 Å². The Kier molecular flexibility index (Phi) is 5.70. The van der Waals surface area contributed by atoms with Gasteiger partial charge in [0.2, 0.25) is 0 Å². The second-order valence-corrected chi connectivity index (χ2v) is 5.73. The van der Waals surface area contributed by atoms with E-state index in [2.05, 4.69) is 31.8 Å². The number of carbonyl (C=O) groups is 1. The van der Waals surface area contributed by atoms with E-state index in [0.717, 1.165) is 4.47 Å². The molecule has 0 heterocycles. The normalized spacial score (nSPS) is 12.1. The van der Waals surface area contributed by atoms with Crippen LogP contribution in [0.2, 0.25) is 0 Å². The summed E-state index contributed by atoms with van der Waals surface area (Å²) in [5.41, 5.74) is 3.48. The number of phenolic OH excluding ortho intramolecular Hbond substituents is 1. The molecule has 2 rings (SSSR count). The van der Waals surface area contributed by atoms with Gasteiger partial charge in [0.25, 0.3) is 5.91 Å². The third-order valence-corrected chi connectivity index (χ3v) is 3.48. The summed E-state index contributed by atoms with van der Waals surface area (Å²) >= 11 is 3.29. The lowest BCUT2D eigenvalue weighted by molar-refractivity contribution is -0.121. The van der Waals surface area contributed by atoms with E-state index in [1.165, 1.54) is 24.4 Å². The zero-order valence-electron chi connectivity index (χ0n) is 12.3. The van der Waals surface area contributed by atoms with Crippen LogP contribution in [0, 0.1) is 5.82 Å². The minimum Gasteiger partial charge on any atom is -0.507 e. The van der Waals surface area contributed by atoms with E-state index in [-0.39, 0.29) is 17.5 Å². The summed E-state index contributed by atoms with van der Waals surface area (Å²) in [6.07, 6.45) is 1.35. The van der Waals surface area contributed by atoms with Gasteiger partial charge < -0.3 is 10.4 Å². The Morgan fingerprint density at radius 1 is 1.30 bits per heavy atom. The van der Waals surface area contributed by atoms with E-state index >= 15 is 0 Å². The Morgan fingerprint density at radius 2 is 2.00 bits per heavy atom. The second kappa shape index (κ2) is 7.73. The number of aromatic hydroxyl groups is 1. The van der Waals surface area contributed by atoms with Crippen molar-refractivity contribution >= 4 is 33.7 Å². The van der Waals surface area contributed by atoms with Gasteiger partial charge in [0.15, 0.2) is 0 Å². The van der Waals surface area contributed by atoms with Crippen molar-refractivity contribution in [3.05, 3.63) is 58.3 Å². The summed E-state index contributed by atoms with van der Waals surface area (Å²) in [5, 5.41) is 16.4. The molecule has 0 aliphatic rings. The molecule has 5 nitrogen and oxygen atoms in total. The van der Waals surface area contributed by atoms with Crippen molar-refractivity contribution in [3.63, 3.8) is 0 Å². The van der Waals surface area contributed by atoms with Gasteiger partial charge in [-0.05, 0) is 49.4 Å². The number of rotatable bonds is 5. The highest BCUT2D eigenvalue weighted by molar-refractivity contribution is 9.10. The summed E-state index contributed by atoms with van der Waals surface area (Å²) in [6, 6.07) is 10.0. The number of hydrogen-bond donors (Lipinski definition) is 3. The summed E-state index contributed by atoms with van der Waals surface area (Å²) in [5.74, 6) is -0.644. The first-order valence-corrected chi connectivity index (χ1v) is 7.58. The number of amides is 1. The van der Waals surface area contributed by atoms with Crippen molar-refractivity contribution in [1.82, 2.24) is 5.43 Å². The number of carbonyl (C=O) groups excluding carboxylic acids is 1. The molecule has 0 saturated heterocycles. The predicted molar refractivity (Wildman–Crippen MR) is 91.0 cm³/mol. The van der Waals surface area contributed by atoms with Gasteiger partial charge in [-0.1, -0.05) is 15.9 Å². The van der Waals surface area contributed by atoms with Crippen LogP contribution in [0.4, 0.5) is 10.1 Å². The number of hydrazone groups is 1. The van der Waals surface area contributed by atoms with Crippen LogP contribution in [0.25, 0.3) is 0 Å². The van der Waals surface area contributed by atoms with E-state index in [0.29, 0.717) is 11.3 Å². The topological polar surface area (TPSA) is 73.7 Å². The summed E-state index contributed by atoms with van der Waals surface area (Å²) < 4.78 is 13.6. The molecule has 0 aliphatic heterocycles. The summed E-state index contributed by atoms with van der Waals surface area (Å²) in [4.78, 5) is 11.9. The lowest BCUT2D eigenvalue weighted by Gasteiger charge is -2.13. The van der Waals surface area contributed by atoms with Gasteiger partial charge in [-0.15, -0.1) is 0 Å². The van der Waals surface area contributed by atoms with Gasteiger partial charge in [0, 0.05) is 15.7 Å². The lowest BCUT2D eigenvalue weighted by atomic mass is 10.2. The maximum absolute atomic E-state index is 12.8. The van der Waals surface area contributed by atoms with Crippen molar-refractivity contribution in [2.75, 3.05) is 5.32 Å². The number of anilines is 1. The fraction of sp³-hybridized carbons (Fsp3) is 0.125. The molecule has 0 unspecified atom stereocenters. The summed E-state index contributed by atoms with van der Waals surface area (Å²) in [6.45, 7) is 1.66. The zero-order chi connectivity index (χ0) is 16.8. The molecule has 3 N–H and O–H groups in total. The van der Waals surface area contributed by atoms with Crippen LogP contribution >= 0.6 is 15.9 Å². The first kappa shape index (κ1) is 17.0. The molecule has 0 bridgehead atoms. The molecule has 2 aromatic rings. The molecule has 0 radical (unpaired) electrons. The van der Waals surface area contributed by atoms with Crippen molar-refractivity contribution in [3.8, 4) is 5.75 Å². The average molecular weight is 380 g/mol. The van der Waals surface area contributed by atoms with Crippen molar-refractivity contribution in [2.45, 2.75) is 13.0 Å². The number of phenols is 1. The van der Waals surface area contributed by atoms with Crippen LogP contribution in [-0.4, -0.2) is 23.3 Å². The minimum atomic E-state index is -0.561. The van der Waals surface area contributed by atoms with E-state index in [9.17, 15) is 14.3 Å². The Bertz CT molecular complexity index is 720.